The molecule has 0 amide bonds. The highest BCUT2D eigenvalue weighted by Gasteiger charge is 2.28. The Hall–Kier alpha value is -2.45. The maximum Gasteiger partial charge on any atom is 0.179 e. The van der Waals surface area contributed by atoms with Crippen molar-refractivity contribution in [1.82, 2.24) is 28.9 Å². The summed E-state index contributed by atoms with van der Waals surface area (Å²) in [6, 6.07) is 0. The minimum atomic E-state index is 0.452. The Morgan fingerprint density at radius 3 is 2.88 bits per heavy atom. The Morgan fingerprint density at radius 1 is 1.24 bits per heavy atom. The smallest absolute Gasteiger partial charge is 0.179 e. The minimum Gasteiger partial charge on any atom is -0.451 e. The van der Waals surface area contributed by atoms with Gasteiger partial charge in [0.2, 0.25) is 0 Å². The Labute approximate surface area is 152 Å². The summed E-state index contributed by atoms with van der Waals surface area (Å²) in [4.78, 5) is 16.2. The van der Waals surface area contributed by atoms with Crippen molar-refractivity contribution in [2.45, 2.75) is 18.8 Å². The first-order valence-electron chi connectivity index (χ1n) is 7.86. The number of imidazole rings is 2. The van der Waals surface area contributed by atoms with Crippen molar-refractivity contribution in [1.29, 1.82) is 0 Å². The number of aromatic nitrogens is 6. The van der Waals surface area contributed by atoms with Gasteiger partial charge in [-0.15, -0.1) is 0 Å². The molecule has 0 atom stereocenters. The van der Waals surface area contributed by atoms with Crippen molar-refractivity contribution in [2.24, 2.45) is 7.05 Å². The number of halogens is 1. The predicted molar refractivity (Wildman–Crippen MR) is 95.9 cm³/mol. The standard InChI is InChI=1S/C16H13ClN6OS/c1-22-13-12(17)10(5-19-14(13)21-16(22)25)24-9-4-18-11-6-20-15(8-2-3-8)23(11)7-9/h4-8H,2-3H2,1H3,(H,19,21,25). The Morgan fingerprint density at radius 2 is 2.08 bits per heavy atom. The largest absolute Gasteiger partial charge is 0.451 e. The van der Waals surface area contributed by atoms with Crippen molar-refractivity contribution in [3.8, 4) is 11.5 Å². The van der Waals surface area contributed by atoms with Gasteiger partial charge in [0.05, 0.1) is 24.8 Å². The molecule has 0 unspecified atom stereocenters. The number of rotatable bonds is 3. The van der Waals surface area contributed by atoms with Crippen molar-refractivity contribution >= 4 is 40.6 Å². The number of H-pyrrole nitrogens is 1. The molecule has 1 saturated carbocycles. The first-order valence-corrected chi connectivity index (χ1v) is 8.64. The number of hydrogen-bond donors (Lipinski definition) is 1. The van der Waals surface area contributed by atoms with Crippen LogP contribution in [0, 0.1) is 4.77 Å². The zero-order valence-corrected chi connectivity index (χ0v) is 14.8. The van der Waals surface area contributed by atoms with E-state index in [4.69, 9.17) is 28.6 Å². The lowest BCUT2D eigenvalue weighted by atomic mass is 10.4. The summed E-state index contributed by atoms with van der Waals surface area (Å²) in [5.74, 6) is 2.58. The number of pyridine rings is 1. The Kier molecular flexibility index (Phi) is 3.13. The van der Waals surface area contributed by atoms with Crippen LogP contribution in [0.2, 0.25) is 5.02 Å². The van der Waals surface area contributed by atoms with E-state index in [0.717, 1.165) is 11.5 Å². The van der Waals surface area contributed by atoms with Crippen LogP contribution >= 0.6 is 23.8 Å². The SMILES string of the molecule is Cn1c(=S)[nH]c2ncc(Oc3cnc4cnc(C5CC5)n4c3)c(Cl)c21. The molecule has 5 rings (SSSR count). The van der Waals surface area contributed by atoms with Crippen LogP contribution in [0.3, 0.4) is 0 Å². The number of nitrogens with one attached hydrogen (secondary N) is 1. The molecule has 0 saturated heterocycles. The number of ether oxygens (including phenoxy) is 1. The average molecular weight is 373 g/mol. The first kappa shape index (κ1) is 14.9. The summed E-state index contributed by atoms with van der Waals surface area (Å²) in [5.41, 5.74) is 2.14. The van der Waals surface area contributed by atoms with E-state index in [1.54, 1.807) is 23.2 Å². The van der Waals surface area contributed by atoms with Crippen molar-refractivity contribution in [3.63, 3.8) is 0 Å². The van der Waals surface area contributed by atoms with E-state index in [1.165, 1.54) is 12.8 Å². The van der Waals surface area contributed by atoms with Crippen LogP contribution in [0.4, 0.5) is 0 Å². The molecule has 0 radical (unpaired) electrons. The van der Waals surface area contributed by atoms with Crippen LogP contribution in [0.15, 0.2) is 24.8 Å². The first-order chi connectivity index (χ1) is 12.1. The van der Waals surface area contributed by atoms with Gasteiger partial charge < -0.3 is 14.3 Å². The number of aromatic amines is 1. The highest BCUT2D eigenvalue weighted by atomic mass is 35.5. The lowest BCUT2D eigenvalue weighted by Gasteiger charge is -2.09. The summed E-state index contributed by atoms with van der Waals surface area (Å²) in [6.45, 7) is 0. The minimum absolute atomic E-state index is 0.452. The van der Waals surface area contributed by atoms with Crippen LogP contribution in [0.5, 0.6) is 11.5 Å². The number of hydrogen-bond acceptors (Lipinski definition) is 5. The molecule has 4 aromatic rings. The third kappa shape index (κ3) is 2.32. The molecule has 4 aromatic heterocycles. The van der Waals surface area contributed by atoms with Crippen molar-refractivity contribution < 1.29 is 4.74 Å². The van der Waals surface area contributed by atoms with Crippen molar-refractivity contribution in [3.05, 3.63) is 40.4 Å². The molecule has 7 nitrogen and oxygen atoms in total. The lowest BCUT2D eigenvalue weighted by molar-refractivity contribution is 0.475. The van der Waals surface area contributed by atoms with Gasteiger partial charge in [-0.1, -0.05) is 11.6 Å². The van der Waals surface area contributed by atoms with Gasteiger partial charge in [0.1, 0.15) is 16.4 Å². The highest BCUT2D eigenvalue weighted by molar-refractivity contribution is 7.71. The molecule has 1 aliphatic carbocycles. The molecular formula is C16H13ClN6OS. The molecule has 1 N–H and O–H groups in total. The topological polar surface area (TPSA) is 73.0 Å². The third-order valence-corrected chi connectivity index (χ3v) is 5.12. The fourth-order valence-corrected chi connectivity index (χ4v) is 3.42. The maximum absolute atomic E-state index is 6.51. The van der Waals surface area contributed by atoms with Crippen LogP contribution in [-0.4, -0.2) is 28.9 Å². The normalized spacial score (nSPS) is 14.5. The molecule has 0 aliphatic heterocycles. The molecular weight excluding hydrogens is 360 g/mol. The summed E-state index contributed by atoms with van der Waals surface area (Å²) in [5, 5.41) is 0.452. The van der Waals surface area contributed by atoms with E-state index in [-0.39, 0.29) is 0 Å². The molecule has 0 spiro atoms. The fourth-order valence-electron chi connectivity index (χ4n) is 2.92. The Balaban J connectivity index is 1.59. The summed E-state index contributed by atoms with van der Waals surface area (Å²) < 4.78 is 10.3. The zero-order valence-electron chi connectivity index (χ0n) is 13.2. The van der Waals surface area contributed by atoms with Gasteiger partial charge in [-0.05, 0) is 25.1 Å². The van der Waals surface area contributed by atoms with Gasteiger partial charge in [-0.3, -0.25) is 4.40 Å². The second-order valence-electron chi connectivity index (χ2n) is 6.13. The average Bonchev–Trinajstić information content (AvgIpc) is 3.29. The molecule has 0 aromatic carbocycles. The predicted octanol–water partition coefficient (Wildman–Crippen LogP) is 4.00. The monoisotopic (exact) mass is 372 g/mol. The number of aryl methyl sites for hydroxylation is 1. The zero-order chi connectivity index (χ0) is 17.1. The van der Waals surface area contributed by atoms with Crippen LogP contribution in [-0.2, 0) is 7.05 Å². The van der Waals surface area contributed by atoms with Gasteiger partial charge >= 0.3 is 0 Å². The summed E-state index contributed by atoms with van der Waals surface area (Å²) >= 11 is 11.7. The second kappa shape index (κ2) is 5.27. The molecule has 9 heteroatoms. The lowest BCUT2D eigenvalue weighted by Crippen LogP contribution is -1.97. The van der Waals surface area contributed by atoms with Gasteiger partial charge in [0.25, 0.3) is 0 Å². The molecule has 4 heterocycles. The van der Waals surface area contributed by atoms with Gasteiger partial charge in [0, 0.05) is 13.0 Å². The molecule has 0 bridgehead atoms. The van der Waals surface area contributed by atoms with Crippen LogP contribution in [0.25, 0.3) is 16.8 Å². The molecule has 126 valence electrons. The highest BCUT2D eigenvalue weighted by Crippen LogP contribution is 2.40. The van der Waals surface area contributed by atoms with E-state index in [2.05, 4.69) is 19.9 Å². The number of nitrogens with zero attached hydrogens (tertiary/aromatic N) is 5. The van der Waals surface area contributed by atoms with Gasteiger partial charge in [-0.2, -0.15) is 0 Å². The van der Waals surface area contributed by atoms with Gasteiger partial charge in [0.15, 0.2) is 27.6 Å². The number of fused-ring (bicyclic) bond motifs is 2. The van der Waals surface area contributed by atoms with Crippen LogP contribution < -0.4 is 4.74 Å². The second-order valence-corrected chi connectivity index (χ2v) is 6.90. The quantitative estimate of drug-likeness (QED) is 0.550. The van der Waals surface area contributed by atoms with Crippen molar-refractivity contribution in [2.75, 3.05) is 0 Å². The summed E-state index contributed by atoms with van der Waals surface area (Å²) in [7, 11) is 1.83. The van der Waals surface area contributed by atoms with Crippen LogP contribution in [0.1, 0.15) is 24.6 Å². The Bertz CT molecular complexity index is 1190. The van der Waals surface area contributed by atoms with E-state index >= 15 is 0 Å². The van der Waals surface area contributed by atoms with E-state index in [0.29, 0.717) is 38.4 Å². The van der Waals surface area contributed by atoms with E-state index in [9.17, 15) is 0 Å². The van der Waals surface area contributed by atoms with E-state index in [1.807, 2.05) is 17.6 Å². The third-order valence-electron chi connectivity index (χ3n) is 4.38. The van der Waals surface area contributed by atoms with Gasteiger partial charge in [-0.25, -0.2) is 15.0 Å². The molecule has 1 fully saturated rings. The summed E-state index contributed by atoms with van der Waals surface area (Å²) in [6.07, 6.45) is 9.25. The molecule has 1 aliphatic rings. The van der Waals surface area contributed by atoms with E-state index < -0.39 is 0 Å². The fraction of sp³-hybridized carbons (Fsp3) is 0.250. The maximum atomic E-state index is 6.51. The molecule has 25 heavy (non-hydrogen) atoms.